The van der Waals surface area contributed by atoms with Crippen LogP contribution in [0.2, 0.25) is 10.0 Å². The molecule has 2 aromatic carbocycles. The smallest absolute Gasteiger partial charge is 0.269 e. The molecule has 6 heteroatoms. The maximum Gasteiger partial charge on any atom is 0.269 e. The molecule has 0 saturated heterocycles. The SMILES string of the molecule is Cc1cc(Cl)c(NC(C)c2ccc([N+](=O)[O-])cc2)cc1Cl. The van der Waals surface area contributed by atoms with Gasteiger partial charge in [-0.25, -0.2) is 0 Å². The van der Waals surface area contributed by atoms with Crippen LogP contribution in [0.4, 0.5) is 11.4 Å². The highest BCUT2D eigenvalue weighted by molar-refractivity contribution is 6.35. The van der Waals surface area contributed by atoms with Gasteiger partial charge in [-0.3, -0.25) is 10.1 Å². The predicted octanol–water partition coefficient (Wildman–Crippen LogP) is 5.38. The van der Waals surface area contributed by atoms with E-state index in [4.69, 9.17) is 23.2 Å². The largest absolute Gasteiger partial charge is 0.377 e. The van der Waals surface area contributed by atoms with Crippen molar-refractivity contribution in [3.05, 3.63) is 67.7 Å². The van der Waals surface area contributed by atoms with Gasteiger partial charge in [0.2, 0.25) is 0 Å². The molecule has 0 bridgehead atoms. The normalized spacial score (nSPS) is 12.0. The zero-order valence-corrected chi connectivity index (χ0v) is 13.1. The van der Waals surface area contributed by atoms with Crippen molar-refractivity contribution in [3.8, 4) is 0 Å². The van der Waals surface area contributed by atoms with Crippen LogP contribution in [0.15, 0.2) is 36.4 Å². The Kier molecular flexibility index (Phi) is 4.70. The molecule has 21 heavy (non-hydrogen) atoms. The Bertz CT molecular complexity index is 672. The van der Waals surface area contributed by atoms with E-state index in [0.717, 1.165) is 16.8 Å². The number of nitrogens with one attached hydrogen (secondary N) is 1. The fourth-order valence-corrected chi connectivity index (χ4v) is 2.39. The molecule has 0 aliphatic carbocycles. The number of non-ortho nitro benzene ring substituents is 1. The van der Waals surface area contributed by atoms with Gasteiger partial charge in [0.25, 0.3) is 5.69 Å². The minimum Gasteiger partial charge on any atom is -0.377 e. The van der Waals surface area contributed by atoms with Crippen LogP contribution in [0.1, 0.15) is 24.1 Å². The molecule has 4 nitrogen and oxygen atoms in total. The van der Waals surface area contributed by atoms with E-state index < -0.39 is 4.92 Å². The number of nitrogens with zero attached hydrogens (tertiary/aromatic N) is 1. The van der Waals surface area contributed by atoms with Gasteiger partial charge in [0.05, 0.1) is 15.6 Å². The zero-order chi connectivity index (χ0) is 15.6. The third-order valence-corrected chi connectivity index (χ3v) is 3.94. The lowest BCUT2D eigenvalue weighted by Crippen LogP contribution is -2.07. The number of benzene rings is 2. The van der Waals surface area contributed by atoms with Crippen LogP contribution in [-0.2, 0) is 0 Å². The highest BCUT2D eigenvalue weighted by Gasteiger charge is 2.11. The predicted molar refractivity (Wildman–Crippen MR) is 86.3 cm³/mol. The first kappa shape index (κ1) is 15.6. The second-order valence-electron chi connectivity index (χ2n) is 4.80. The third kappa shape index (κ3) is 3.65. The van der Waals surface area contributed by atoms with Gasteiger partial charge in [-0.15, -0.1) is 0 Å². The molecule has 110 valence electrons. The third-order valence-electron chi connectivity index (χ3n) is 3.22. The number of rotatable bonds is 4. The molecule has 0 heterocycles. The number of nitro benzene ring substituents is 1. The van der Waals surface area contributed by atoms with Crippen LogP contribution in [0, 0.1) is 17.0 Å². The second-order valence-corrected chi connectivity index (χ2v) is 5.61. The number of nitro groups is 1. The van der Waals surface area contributed by atoms with Gasteiger partial charge in [0, 0.05) is 23.2 Å². The van der Waals surface area contributed by atoms with E-state index in [-0.39, 0.29) is 11.7 Å². The fraction of sp³-hybridized carbons (Fsp3) is 0.200. The highest BCUT2D eigenvalue weighted by Crippen LogP contribution is 2.31. The van der Waals surface area contributed by atoms with E-state index >= 15 is 0 Å². The molecule has 0 aromatic heterocycles. The topological polar surface area (TPSA) is 55.2 Å². The lowest BCUT2D eigenvalue weighted by molar-refractivity contribution is -0.384. The Labute approximate surface area is 132 Å². The van der Waals surface area contributed by atoms with Gasteiger partial charge in [-0.1, -0.05) is 35.3 Å². The van der Waals surface area contributed by atoms with Crippen molar-refractivity contribution in [2.45, 2.75) is 19.9 Å². The summed E-state index contributed by atoms with van der Waals surface area (Å²) in [6, 6.07) is 9.94. The summed E-state index contributed by atoms with van der Waals surface area (Å²) in [5.74, 6) is 0. The number of halogens is 2. The lowest BCUT2D eigenvalue weighted by atomic mass is 10.1. The monoisotopic (exact) mass is 324 g/mol. The molecule has 0 amide bonds. The summed E-state index contributed by atoms with van der Waals surface area (Å²) in [6.45, 7) is 3.84. The van der Waals surface area contributed by atoms with Crippen molar-refractivity contribution < 1.29 is 4.92 Å². The first-order valence-electron chi connectivity index (χ1n) is 6.35. The van der Waals surface area contributed by atoms with Crippen LogP contribution in [0.3, 0.4) is 0 Å². The molecular formula is C15H14Cl2N2O2. The molecule has 0 aliphatic heterocycles. The molecule has 0 radical (unpaired) electrons. The Morgan fingerprint density at radius 2 is 1.76 bits per heavy atom. The van der Waals surface area contributed by atoms with Crippen LogP contribution >= 0.6 is 23.2 Å². The Balaban J connectivity index is 2.19. The Morgan fingerprint density at radius 3 is 2.33 bits per heavy atom. The van der Waals surface area contributed by atoms with Gasteiger partial charge < -0.3 is 5.32 Å². The minimum atomic E-state index is -0.418. The van der Waals surface area contributed by atoms with Crippen molar-refractivity contribution in [1.82, 2.24) is 0 Å². The minimum absolute atomic E-state index is 0.0536. The molecule has 2 rings (SSSR count). The summed E-state index contributed by atoms with van der Waals surface area (Å²) < 4.78 is 0. The molecular weight excluding hydrogens is 311 g/mol. The van der Waals surface area contributed by atoms with Crippen molar-refractivity contribution >= 4 is 34.6 Å². The van der Waals surface area contributed by atoms with Crippen molar-refractivity contribution in [2.75, 3.05) is 5.32 Å². The van der Waals surface area contributed by atoms with E-state index in [1.54, 1.807) is 24.3 Å². The molecule has 1 atom stereocenters. The first-order chi connectivity index (χ1) is 9.88. The van der Waals surface area contributed by atoms with E-state index in [9.17, 15) is 10.1 Å². The van der Waals surface area contributed by atoms with Gasteiger partial charge in [-0.05, 0) is 37.1 Å². The molecule has 0 spiro atoms. The molecule has 0 fully saturated rings. The summed E-state index contributed by atoms with van der Waals surface area (Å²) in [4.78, 5) is 10.2. The van der Waals surface area contributed by atoms with Gasteiger partial charge in [-0.2, -0.15) is 0 Å². The standard InChI is InChI=1S/C15H14Cl2N2O2/c1-9-7-14(17)15(8-13(9)16)18-10(2)11-3-5-12(6-4-11)19(20)21/h3-8,10,18H,1-2H3. The second kappa shape index (κ2) is 6.33. The molecule has 0 saturated carbocycles. The average Bonchev–Trinajstić information content (AvgIpc) is 2.44. The fourth-order valence-electron chi connectivity index (χ4n) is 1.96. The number of hydrogen-bond acceptors (Lipinski definition) is 3. The Morgan fingerprint density at radius 1 is 1.14 bits per heavy atom. The van der Waals surface area contributed by atoms with Crippen LogP contribution in [0.25, 0.3) is 0 Å². The number of hydrogen-bond donors (Lipinski definition) is 1. The summed E-state index contributed by atoms with van der Waals surface area (Å²) >= 11 is 12.3. The highest BCUT2D eigenvalue weighted by atomic mass is 35.5. The quantitative estimate of drug-likeness (QED) is 0.606. The zero-order valence-electron chi connectivity index (χ0n) is 11.6. The molecule has 1 N–H and O–H groups in total. The van der Waals surface area contributed by atoms with Gasteiger partial charge in [0.1, 0.15) is 0 Å². The van der Waals surface area contributed by atoms with Crippen molar-refractivity contribution in [3.63, 3.8) is 0 Å². The Hall–Kier alpha value is -1.78. The first-order valence-corrected chi connectivity index (χ1v) is 7.10. The summed E-state index contributed by atoms with van der Waals surface area (Å²) in [7, 11) is 0. The van der Waals surface area contributed by atoms with Crippen LogP contribution in [-0.4, -0.2) is 4.92 Å². The number of anilines is 1. The van der Waals surface area contributed by atoms with Gasteiger partial charge >= 0.3 is 0 Å². The van der Waals surface area contributed by atoms with E-state index in [1.165, 1.54) is 12.1 Å². The number of aryl methyl sites for hydroxylation is 1. The average molecular weight is 325 g/mol. The summed E-state index contributed by atoms with van der Waals surface area (Å²) in [6.07, 6.45) is 0. The molecule has 1 unspecified atom stereocenters. The van der Waals surface area contributed by atoms with Crippen molar-refractivity contribution in [2.24, 2.45) is 0 Å². The molecule has 2 aromatic rings. The van der Waals surface area contributed by atoms with E-state index in [2.05, 4.69) is 5.32 Å². The maximum atomic E-state index is 10.6. The van der Waals surface area contributed by atoms with Crippen LogP contribution < -0.4 is 5.32 Å². The van der Waals surface area contributed by atoms with Gasteiger partial charge in [0.15, 0.2) is 0 Å². The van der Waals surface area contributed by atoms with E-state index in [0.29, 0.717) is 10.0 Å². The van der Waals surface area contributed by atoms with Crippen LogP contribution in [0.5, 0.6) is 0 Å². The lowest BCUT2D eigenvalue weighted by Gasteiger charge is -2.17. The van der Waals surface area contributed by atoms with E-state index in [1.807, 2.05) is 13.8 Å². The summed E-state index contributed by atoms with van der Waals surface area (Å²) in [5.41, 5.74) is 2.64. The molecule has 0 aliphatic rings. The maximum absolute atomic E-state index is 10.6. The summed E-state index contributed by atoms with van der Waals surface area (Å²) in [5, 5.41) is 15.1. The van der Waals surface area contributed by atoms with Crippen molar-refractivity contribution in [1.29, 1.82) is 0 Å².